The molecular weight excluding hydrogens is 314 g/mol. The number of sulfonamides is 1. The number of nitrogens with one attached hydrogen (secondary N) is 1. The molecule has 0 atom stereocenters. The zero-order chi connectivity index (χ0) is 16.4. The first-order chi connectivity index (χ1) is 11.0. The Morgan fingerprint density at radius 1 is 1.13 bits per heavy atom. The second kappa shape index (κ2) is 5.81. The molecule has 3 rings (SSSR count). The van der Waals surface area contributed by atoms with E-state index in [1.54, 1.807) is 48.4 Å². The molecule has 0 unspecified atom stereocenters. The van der Waals surface area contributed by atoms with Crippen LogP contribution >= 0.6 is 0 Å². The molecule has 118 valence electrons. The molecule has 0 aliphatic rings. The molecule has 0 fully saturated rings. The van der Waals surface area contributed by atoms with E-state index in [9.17, 15) is 8.42 Å². The van der Waals surface area contributed by atoms with Crippen molar-refractivity contribution < 1.29 is 8.42 Å². The van der Waals surface area contributed by atoms with Crippen molar-refractivity contribution in [2.75, 3.05) is 4.72 Å². The maximum Gasteiger partial charge on any atom is 0.263 e. The lowest BCUT2D eigenvalue weighted by Gasteiger charge is -2.11. The van der Waals surface area contributed by atoms with Crippen LogP contribution in [0.1, 0.15) is 11.1 Å². The Bertz CT molecular complexity index is 936. The molecule has 2 heterocycles. The summed E-state index contributed by atoms with van der Waals surface area (Å²) in [5, 5.41) is 0. The number of hydrogen-bond acceptors (Lipinski definition) is 5. The third kappa shape index (κ3) is 3.21. The second-order valence-corrected chi connectivity index (χ2v) is 6.76. The van der Waals surface area contributed by atoms with E-state index in [1.807, 2.05) is 13.0 Å². The van der Waals surface area contributed by atoms with E-state index in [1.165, 1.54) is 6.33 Å². The maximum absolute atomic E-state index is 12.5. The zero-order valence-electron chi connectivity index (χ0n) is 12.6. The van der Waals surface area contributed by atoms with Gasteiger partial charge in [-0.05, 0) is 25.5 Å². The molecule has 0 aliphatic carbocycles. The van der Waals surface area contributed by atoms with Gasteiger partial charge >= 0.3 is 0 Å². The molecule has 0 radical (unpaired) electrons. The molecule has 0 aliphatic heterocycles. The van der Waals surface area contributed by atoms with Crippen LogP contribution in [0.2, 0.25) is 0 Å². The quantitative estimate of drug-likeness (QED) is 0.791. The van der Waals surface area contributed by atoms with Crippen molar-refractivity contribution in [3.63, 3.8) is 0 Å². The molecule has 0 saturated heterocycles. The van der Waals surface area contributed by atoms with Gasteiger partial charge in [0.2, 0.25) is 0 Å². The molecule has 1 aromatic carbocycles. The van der Waals surface area contributed by atoms with E-state index in [0.717, 1.165) is 5.56 Å². The van der Waals surface area contributed by atoms with Gasteiger partial charge in [-0.2, -0.15) is 0 Å². The minimum atomic E-state index is -3.71. The van der Waals surface area contributed by atoms with Crippen LogP contribution in [0.15, 0.2) is 54.2 Å². The highest BCUT2D eigenvalue weighted by Gasteiger charge is 2.17. The van der Waals surface area contributed by atoms with Crippen molar-refractivity contribution in [1.82, 2.24) is 19.5 Å². The SMILES string of the molecule is Cc1ccc(S(=O)(=O)Nc2cc(-n3ccnc3)ncn2)c(C)c1. The topological polar surface area (TPSA) is 89.8 Å². The standard InChI is InChI=1S/C15H15N5O2S/c1-11-3-4-13(12(2)7-11)23(21,22)19-14-8-15(18-9-17-14)20-6-5-16-10-20/h3-10H,1-2H3,(H,17,18,19). The van der Waals surface area contributed by atoms with Crippen LogP contribution in [-0.4, -0.2) is 27.9 Å². The average Bonchev–Trinajstić information content (AvgIpc) is 3.00. The number of benzene rings is 1. The van der Waals surface area contributed by atoms with Crippen molar-refractivity contribution in [3.05, 3.63) is 60.4 Å². The van der Waals surface area contributed by atoms with E-state index >= 15 is 0 Å². The third-order valence-electron chi connectivity index (χ3n) is 3.28. The van der Waals surface area contributed by atoms with Gasteiger partial charge in [0.25, 0.3) is 10.0 Å². The summed E-state index contributed by atoms with van der Waals surface area (Å²) in [6, 6.07) is 6.72. The maximum atomic E-state index is 12.5. The van der Waals surface area contributed by atoms with Crippen molar-refractivity contribution >= 4 is 15.8 Å². The molecule has 0 spiro atoms. The fourth-order valence-corrected chi connectivity index (χ4v) is 3.46. The van der Waals surface area contributed by atoms with Gasteiger partial charge in [-0.15, -0.1) is 0 Å². The zero-order valence-corrected chi connectivity index (χ0v) is 13.4. The predicted octanol–water partition coefficient (Wildman–Crippen LogP) is 2.08. The van der Waals surface area contributed by atoms with Crippen molar-refractivity contribution in [3.8, 4) is 5.82 Å². The van der Waals surface area contributed by atoms with Gasteiger partial charge in [0, 0.05) is 18.5 Å². The van der Waals surface area contributed by atoms with Crippen molar-refractivity contribution in [2.24, 2.45) is 0 Å². The van der Waals surface area contributed by atoms with Crippen LogP contribution in [0.4, 0.5) is 5.82 Å². The first-order valence-corrected chi connectivity index (χ1v) is 8.34. The summed E-state index contributed by atoms with van der Waals surface area (Å²) in [6.07, 6.45) is 6.20. The third-order valence-corrected chi connectivity index (χ3v) is 4.80. The Morgan fingerprint density at radius 2 is 1.96 bits per heavy atom. The lowest BCUT2D eigenvalue weighted by Crippen LogP contribution is -2.15. The van der Waals surface area contributed by atoms with Crippen LogP contribution in [0, 0.1) is 13.8 Å². The number of hydrogen-bond donors (Lipinski definition) is 1. The monoisotopic (exact) mass is 329 g/mol. The van der Waals surface area contributed by atoms with Gasteiger partial charge < -0.3 is 0 Å². The number of imidazole rings is 1. The van der Waals surface area contributed by atoms with Crippen LogP contribution in [-0.2, 0) is 10.0 Å². The first kappa shape index (κ1) is 15.2. The van der Waals surface area contributed by atoms with Gasteiger partial charge in [0.15, 0.2) is 0 Å². The minimum Gasteiger partial charge on any atom is -0.290 e. The molecule has 0 amide bonds. The summed E-state index contributed by atoms with van der Waals surface area (Å²) in [7, 11) is -3.71. The average molecular weight is 329 g/mol. The van der Waals surface area contributed by atoms with E-state index in [-0.39, 0.29) is 10.7 Å². The lowest BCUT2D eigenvalue weighted by atomic mass is 10.2. The van der Waals surface area contributed by atoms with Crippen LogP contribution in [0.3, 0.4) is 0 Å². The Balaban J connectivity index is 1.93. The fourth-order valence-electron chi connectivity index (χ4n) is 2.23. The smallest absolute Gasteiger partial charge is 0.263 e. The predicted molar refractivity (Wildman–Crippen MR) is 85.9 cm³/mol. The van der Waals surface area contributed by atoms with E-state index in [2.05, 4.69) is 19.7 Å². The lowest BCUT2D eigenvalue weighted by molar-refractivity contribution is 0.600. The molecule has 8 heteroatoms. The fraction of sp³-hybridized carbons (Fsp3) is 0.133. The summed E-state index contributed by atoms with van der Waals surface area (Å²) >= 11 is 0. The number of aromatic nitrogens is 4. The van der Waals surface area contributed by atoms with Crippen LogP contribution in [0.25, 0.3) is 5.82 Å². The van der Waals surface area contributed by atoms with E-state index in [4.69, 9.17) is 0 Å². The number of nitrogens with zero attached hydrogens (tertiary/aromatic N) is 4. The normalized spacial score (nSPS) is 11.4. The van der Waals surface area contributed by atoms with E-state index in [0.29, 0.717) is 11.4 Å². The number of aryl methyl sites for hydroxylation is 2. The van der Waals surface area contributed by atoms with Gasteiger partial charge in [-0.3, -0.25) is 9.29 Å². The minimum absolute atomic E-state index is 0.198. The van der Waals surface area contributed by atoms with Crippen LogP contribution < -0.4 is 4.72 Å². The Morgan fingerprint density at radius 3 is 2.65 bits per heavy atom. The van der Waals surface area contributed by atoms with Gasteiger partial charge in [-0.1, -0.05) is 17.7 Å². The van der Waals surface area contributed by atoms with Crippen molar-refractivity contribution in [1.29, 1.82) is 0 Å². The summed E-state index contributed by atoms with van der Waals surface area (Å²) < 4.78 is 29.2. The molecule has 7 nitrogen and oxygen atoms in total. The molecule has 3 aromatic rings. The van der Waals surface area contributed by atoms with E-state index < -0.39 is 10.0 Å². The van der Waals surface area contributed by atoms with Crippen molar-refractivity contribution in [2.45, 2.75) is 18.7 Å². The van der Waals surface area contributed by atoms with Gasteiger partial charge in [0.05, 0.1) is 4.90 Å². The summed E-state index contributed by atoms with van der Waals surface area (Å²) in [5.74, 6) is 0.722. The number of anilines is 1. The van der Waals surface area contributed by atoms with Crippen LogP contribution in [0.5, 0.6) is 0 Å². The summed E-state index contributed by atoms with van der Waals surface area (Å²) in [6.45, 7) is 3.68. The Labute approximate surface area is 134 Å². The Hall–Kier alpha value is -2.74. The summed E-state index contributed by atoms with van der Waals surface area (Å²) in [4.78, 5) is 12.2. The summed E-state index contributed by atoms with van der Waals surface area (Å²) in [5.41, 5.74) is 1.69. The van der Waals surface area contributed by atoms with Gasteiger partial charge in [-0.25, -0.2) is 23.4 Å². The largest absolute Gasteiger partial charge is 0.290 e. The molecule has 0 bridgehead atoms. The second-order valence-electron chi connectivity index (χ2n) is 5.11. The highest BCUT2D eigenvalue weighted by Crippen LogP contribution is 2.20. The highest BCUT2D eigenvalue weighted by molar-refractivity contribution is 7.92. The van der Waals surface area contributed by atoms with Gasteiger partial charge in [0.1, 0.15) is 24.3 Å². The highest BCUT2D eigenvalue weighted by atomic mass is 32.2. The molecule has 1 N–H and O–H groups in total. The molecule has 2 aromatic heterocycles. The molecule has 23 heavy (non-hydrogen) atoms. The Kier molecular flexibility index (Phi) is 3.83. The molecule has 0 saturated carbocycles. The number of rotatable bonds is 4. The first-order valence-electron chi connectivity index (χ1n) is 6.86. The molecular formula is C15H15N5O2S.